The molecule has 4 rings (SSSR count). The van der Waals surface area contributed by atoms with Gasteiger partial charge in [-0.2, -0.15) is 0 Å². The summed E-state index contributed by atoms with van der Waals surface area (Å²) in [6.45, 7) is 3.54. The minimum Gasteiger partial charge on any atom is -0.507 e. The zero-order valence-electron chi connectivity index (χ0n) is 17.7. The van der Waals surface area contributed by atoms with E-state index >= 15 is 0 Å². The summed E-state index contributed by atoms with van der Waals surface area (Å²) in [7, 11) is 1.38. The van der Waals surface area contributed by atoms with Gasteiger partial charge in [0.2, 0.25) is 0 Å². The van der Waals surface area contributed by atoms with Gasteiger partial charge in [-0.1, -0.05) is 6.07 Å². The number of Topliss-reactive ketones (excluding diaryl/α,β-unsaturated/α-hetero) is 1. The van der Waals surface area contributed by atoms with Gasteiger partial charge in [-0.3, -0.25) is 19.5 Å². The van der Waals surface area contributed by atoms with E-state index in [-0.39, 0.29) is 23.4 Å². The number of rotatable bonds is 6. The van der Waals surface area contributed by atoms with Crippen LogP contribution in [0.2, 0.25) is 0 Å². The first kappa shape index (κ1) is 21.9. The maximum Gasteiger partial charge on any atom is 0.295 e. The van der Waals surface area contributed by atoms with Crippen LogP contribution in [0, 0.1) is 5.82 Å². The van der Waals surface area contributed by atoms with E-state index in [0.29, 0.717) is 25.3 Å². The number of aromatic nitrogens is 1. The fraction of sp³-hybridized carbons (Fsp3) is 0.348. The highest BCUT2D eigenvalue weighted by atomic mass is 19.1. The van der Waals surface area contributed by atoms with Crippen molar-refractivity contribution in [1.29, 1.82) is 0 Å². The number of morpholine rings is 1. The maximum absolute atomic E-state index is 14.0. The molecular weight excluding hydrogens is 417 g/mol. The van der Waals surface area contributed by atoms with Crippen LogP contribution in [-0.2, 0) is 14.3 Å². The van der Waals surface area contributed by atoms with Gasteiger partial charge in [0.05, 0.1) is 37.5 Å². The van der Waals surface area contributed by atoms with E-state index in [2.05, 4.69) is 9.88 Å². The lowest BCUT2D eigenvalue weighted by Gasteiger charge is -2.30. The van der Waals surface area contributed by atoms with Crippen LogP contribution in [0.4, 0.5) is 4.39 Å². The number of nitrogens with zero attached hydrogens (tertiary/aromatic N) is 3. The Hall–Kier alpha value is -3.30. The average molecular weight is 441 g/mol. The lowest BCUT2D eigenvalue weighted by Crippen LogP contribution is -2.42. The number of hydrogen-bond acceptors (Lipinski definition) is 7. The van der Waals surface area contributed by atoms with Gasteiger partial charge in [0.15, 0.2) is 0 Å². The van der Waals surface area contributed by atoms with Crippen LogP contribution in [0.3, 0.4) is 0 Å². The second-order valence-corrected chi connectivity index (χ2v) is 7.58. The first-order chi connectivity index (χ1) is 15.5. The highest BCUT2D eigenvalue weighted by molar-refractivity contribution is 6.46. The van der Waals surface area contributed by atoms with Crippen molar-refractivity contribution >= 4 is 17.4 Å². The number of ketones is 1. The fourth-order valence-electron chi connectivity index (χ4n) is 4.08. The molecule has 0 bridgehead atoms. The van der Waals surface area contributed by atoms with Gasteiger partial charge in [0.25, 0.3) is 11.7 Å². The summed E-state index contributed by atoms with van der Waals surface area (Å²) < 4.78 is 24.5. The molecule has 0 spiro atoms. The number of pyridine rings is 1. The van der Waals surface area contributed by atoms with Crippen molar-refractivity contribution in [3.63, 3.8) is 0 Å². The van der Waals surface area contributed by atoms with Crippen molar-refractivity contribution in [2.24, 2.45) is 0 Å². The third-order valence-electron chi connectivity index (χ3n) is 5.72. The van der Waals surface area contributed by atoms with E-state index in [0.717, 1.165) is 19.2 Å². The quantitative estimate of drug-likeness (QED) is 0.416. The number of aliphatic hydroxyl groups excluding tert-OH is 1. The molecule has 2 aromatic rings. The second kappa shape index (κ2) is 9.46. The summed E-state index contributed by atoms with van der Waals surface area (Å²) in [6.07, 6.45) is 3.13. The molecule has 8 nitrogen and oxygen atoms in total. The average Bonchev–Trinajstić information content (AvgIpc) is 3.08. The van der Waals surface area contributed by atoms with Gasteiger partial charge in [-0.15, -0.1) is 0 Å². The summed E-state index contributed by atoms with van der Waals surface area (Å²) in [5, 5.41) is 11.1. The molecule has 0 aliphatic carbocycles. The lowest BCUT2D eigenvalue weighted by molar-refractivity contribution is -0.140. The molecule has 2 aliphatic heterocycles. The largest absolute Gasteiger partial charge is 0.507 e. The van der Waals surface area contributed by atoms with Gasteiger partial charge in [0.1, 0.15) is 17.3 Å². The van der Waals surface area contributed by atoms with Gasteiger partial charge < -0.3 is 19.5 Å². The number of likely N-dealkylation sites (tertiary alicyclic amines) is 1. The Balaban J connectivity index is 1.76. The molecule has 1 N–H and O–H groups in total. The number of aliphatic hydroxyl groups is 1. The van der Waals surface area contributed by atoms with Crippen LogP contribution < -0.4 is 4.74 Å². The van der Waals surface area contributed by atoms with E-state index in [9.17, 15) is 19.1 Å². The molecule has 1 amide bonds. The molecular formula is C23H24FN3O5. The highest BCUT2D eigenvalue weighted by Crippen LogP contribution is 2.40. The third-order valence-corrected chi connectivity index (χ3v) is 5.72. The van der Waals surface area contributed by atoms with Gasteiger partial charge in [0, 0.05) is 38.6 Å². The number of methoxy groups -OCH3 is 1. The monoisotopic (exact) mass is 441 g/mol. The maximum atomic E-state index is 14.0. The molecule has 2 saturated heterocycles. The first-order valence-corrected chi connectivity index (χ1v) is 10.3. The first-order valence-electron chi connectivity index (χ1n) is 10.3. The van der Waals surface area contributed by atoms with Gasteiger partial charge >= 0.3 is 0 Å². The van der Waals surface area contributed by atoms with Crippen LogP contribution >= 0.6 is 0 Å². The van der Waals surface area contributed by atoms with E-state index in [1.165, 1.54) is 24.1 Å². The standard InChI is InChI=1S/C23H24FN3O5/c1-31-18-5-4-16(24)13-17(18)21(28)19-20(15-3-2-6-25-14-15)27(23(30)22(19)29)8-7-26-9-11-32-12-10-26/h2-6,13-14,20,28H,7-12H2,1H3/b21-19+. The summed E-state index contributed by atoms with van der Waals surface area (Å²) in [5.41, 5.74) is 0.465. The van der Waals surface area contributed by atoms with Crippen LogP contribution in [0.25, 0.3) is 5.76 Å². The second-order valence-electron chi connectivity index (χ2n) is 7.58. The minimum atomic E-state index is -0.849. The van der Waals surface area contributed by atoms with E-state index < -0.39 is 29.3 Å². The van der Waals surface area contributed by atoms with Gasteiger partial charge in [-0.05, 0) is 29.8 Å². The Bertz CT molecular complexity index is 1040. The normalized spacial score (nSPS) is 21.2. The zero-order valence-corrected chi connectivity index (χ0v) is 17.7. The molecule has 9 heteroatoms. The van der Waals surface area contributed by atoms with E-state index in [1.54, 1.807) is 24.5 Å². The molecule has 32 heavy (non-hydrogen) atoms. The summed E-state index contributed by atoms with van der Waals surface area (Å²) in [6, 6.07) is 6.21. The molecule has 1 aromatic carbocycles. The van der Waals surface area contributed by atoms with Crippen molar-refractivity contribution < 1.29 is 28.6 Å². The molecule has 2 aliphatic rings. The number of hydrogen-bond donors (Lipinski definition) is 1. The number of ether oxygens (including phenoxy) is 2. The predicted octanol–water partition coefficient (Wildman–Crippen LogP) is 1.98. The Morgan fingerprint density at radius 2 is 2.03 bits per heavy atom. The van der Waals surface area contributed by atoms with Crippen LogP contribution in [-0.4, -0.2) is 78.1 Å². The number of carbonyl (C=O) groups excluding carboxylic acids is 2. The Labute approximate surface area is 184 Å². The third kappa shape index (κ3) is 4.21. The summed E-state index contributed by atoms with van der Waals surface area (Å²) in [5.74, 6) is -2.45. The minimum absolute atomic E-state index is 0.00701. The zero-order chi connectivity index (χ0) is 22.7. The molecule has 1 atom stereocenters. The van der Waals surface area contributed by atoms with Crippen LogP contribution in [0.5, 0.6) is 5.75 Å². The number of carbonyl (C=O) groups is 2. The number of halogens is 1. The predicted molar refractivity (Wildman–Crippen MR) is 113 cm³/mol. The molecule has 1 unspecified atom stereocenters. The van der Waals surface area contributed by atoms with Crippen LogP contribution in [0.1, 0.15) is 17.2 Å². The van der Waals surface area contributed by atoms with Crippen LogP contribution in [0.15, 0.2) is 48.3 Å². The van der Waals surface area contributed by atoms with Gasteiger partial charge in [-0.25, -0.2) is 4.39 Å². The van der Waals surface area contributed by atoms with Crippen molar-refractivity contribution in [2.75, 3.05) is 46.5 Å². The van der Waals surface area contributed by atoms with E-state index in [4.69, 9.17) is 9.47 Å². The fourth-order valence-corrected chi connectivity index (χ4v) is 4.08. The topological polar surface area (TPSA) is 92.2 Å². The molecule has 0 saturated carbocycles. The molecule has 168 valence electrons. The highest BCUT2D eigenvalue weighted by Gasteiger charge is 2.46. The molecule has 0 radical (unpaired) electrons. The van der Waals surface area contributed by atoms with Crippen molar-refractivity contribution in [1.82, 2.24) is 14.8 Å². The van der Waals surface area contributed by atoms with Crippen molar-refractivity contribution in [3.8, 4) is 5.75 Å². The lowest BCUT2D eigenvalue weighted by atomic mass is 9.96. The van der Waals surface area contributed by atoms with E-state index in [1.807, 2.05) is 0 Å². The number of benzene rings is 1. The summed E-state index contributed by atoms with van der Waals surface area (Å²) in [4.78, 5) is 33.7. The summed E-state index contributed by atoms with van der Waals surface area (Å²) >= 11 is 0. The van der Waals surface area contributed by atoms with Crippen molar-refractivity contribution in [3.05, 3.63) is 65.2 Å². The SMILES string of the molecule is COc1ccc(F)cc1/C(O)=C1\C(=O)C(=O)N(CCN2CCOCC2)C1c1cccnc1. The Kier molecular flexibility index (Phi) is 6.48. The molecule has 1 aromatic heterocycles. The Morgan fingerprint density at radius 3 is 2.72 bits per heavy atom. The Morgan fingerprint density at radius 1 is 1.25 bits per heavy atom. The smallest absolute Gasteiger partial charge is 0.295 e. The molecule has 2 fully saturated rings. The van der Waals surface area contributed by atoms with Crippen molar-refractivity contribution in [2.45, 2.75) is 6.04 Å². The number of amides is 1. The molecule has 3 heterocycles.